The first kappa shape index (κ1) is 18.1. The molecule has 0 aromatic heterocycles. The number of para-hydroxylation sites is 1. The smallest absolute Gasteiger partial charge is 0.257 e. The van der Waals surface area contributed by atoms with E-state index in [0.29, 0.717) is 22.7 Å². The highest BCUT2D eigenvalue weighted by Gasteiger charge is 2.14. The number of halogens is 1. The molecule has 0 atom stereocenters. The third kappa shape index (κ3) is 4.49. The van der Waals surface area contributed by atoms with E-state index in [1.165, 1.54) is 18.2 Å². The molecule has 0 radical (unpaired) electrons. The van der Waals surface area contributed by atoms with E-state index in [-0.39, 0.29) is 11.5 Å². The summed E-state index contributed by atoms with van der Waals surface area (Å²) >= 11 is 0. The zero-order valence-corrected chi connectivity index (χ0v) is 14.5. The van der Waals surface area contributed by atoms with Crippen LogP contribution < -0.4 is 15.4 Å². The van der Waals surface area contributed by atoms with E-state index in [1.54, 1.807) is 61.7 Å². The first-order chi connectivity index (χ1) is 13.1. The highest BCUT2D eigenvalue weighted by molar-refractivity contribution is 6.12. The summed E-state index contributed by atoms with van der Waals surface area (Å²) in [7, 11) is 1.54. The number of anilines is 2. The van der Waals surface area contributed by atoms with Gasteiger partial charge in [-0.1, -0.05) is 18.2 Å². The Morgan fingerprint density at radius 3 is 2.30 bits per heavy atom. The summed E-state index contributed by atoms with van der Waals surface area (Å²) in [6, 6.07) is 18.8. The Kier molecular flexibility index (Phi) is 5.47. The van der Waals surface area contributed by atoms with Crippen LogP contribution in [0, 0.1) is 5.82 Å². The molecule has 0 heterocycles. The average Bonchev–Trinajstić information content (AvgIpc) is 2.68. The van der Waals surface area contributed by atoms with Gasteiger partial charge in [0.25, 0.3) is 11.8 Å². The summed E-state index contributed by atoms with van der Waals surface area (Å²) in [5, 5.41) is 5.35. The predicted octanol–water partition coefficient (Wildman–Crippen LogP) is 4.34. The number of amides is 2. The van der Waals surface area contributed by atoms with Gasteiger partial charge in [-0.25, -0.2) is 4.39 Å². The maximum absolute atomic E-state index is 13.3. The SMILES string of the molecule is COc1ccc(C(=O)Nc2ccccc2C(=O)Nc2cccc(F)c2)cc1. The number of nitrogens with one attached hydrogen (secondary N) is 2. The van der Waals surface area contributed by atoms with Gasteiger partial charge in [-0.15, -0.1) is 0 Å². The lowest BCUT2D eigenvalue weighted by Crippen LogP contribution is -2.18. The third-order valence-electron chi connectivity index (χ3n) is 3.85. The highest BCUT2D eigenvalue weighted by Crippen LogP contribution is 2.19. The second-order valence-electron chi connectivity index (χ2n) is 5.69. The van der Waals surface area contributed by atoms with Crippen molar-refractivity contribution in [2.75, 3.05) is 17.7 Å². The van der Waals surface area contributed by atoms with Crippen LogP contribution in [0.1, 0.15) is 20.7 Å². The number of carbonyl (C=O) groups excluding carboxylic acids is 2. The number of hydrogen-bond donors (Lipinski definition) is 2. The van der Waals surface area contributed by atoms with Gasteiger partial charge in [0.05, 0.1) is 18.4 Å². The topological polar surface area (TPSA) is 67.4 Å². The van der Waals surface area contributed by atoms with Crippen molar-refractivity contribution in [3.05, 3.63) is 89.7 Å². The zero-order chi connectivity index (χ0) is 19.2. The second-order valence-corrected chi connectivity index (χ2v) is 5.69. The van der Waals surface area contributed by atoms with Crippen LogP contribution in [0.4, 0.5) is 15.8 Å². The maximum Gasteiger partial charge on any atom is 0.257 e. The van der Waals surface area contributed by atoms with Crippen LogP contribution in [0.3, 0.4) is 0 Å². The summed E-state index contributed by atoms with van der Waals surface area (Å²) in [6.45, 7) is 0. The summed E-state index contributed by atoms with van der Waals surface area (Å²) in [5.74, 6) is -0.620. The fraction of sp³-hybridized carbons (Fsp3) is 0.0476. The van der Waals surface area contributed by atoms with Crippen LogP contribution >= 0.6 is 0 Å². The van der Waals surface area contributed by atoms with Gasteiger partial charge in [0.2, 0.25) is 0 Å². The fourth-order valence-corrected chi connectivity index (χ4v) is 2.49. The van der Waals surface area contributed by atoms with E-state index < -0.39 is 11.7 Å². The Hall–Kier alpha value is -3.67. The Labute approximate surface area is 155 Å². The minimum absolute atomic E-state index is 0.267. The molecule has 3 aromatic rings. The normalized spacial score (nSPS) is 10.1. The van der Waals surface area contributed by atoms with E-state index in [4.69, 9.17) is 4.74 Å². The van der Waals surface area contributed by atoms with E-state index >= 15 is 0 Å². The number of carbonyl (C=O) groups is 2. The molecule has 0 aliphatic carbocycles. The molecule has 0 aliphatic heterocycles. The molecular formula is C21H17FN2O3. The number of ether oxygens (including phenoxy) is 1. The number of rotatable bonds is 5. The number of hydrogen-bond acceptors (Lipinski definition) is 3. The van der Waals surface area contributed by atoms with Crippen molar-refractivity contribution in [3.8, 4) is 5.75 Å². The van der Waals surface area contributed by atoms with Crippen LogP contribution in [0.2, 0.25) is 0 Å². The van der Waals surface area contributed by atoms with Gasteiger partial charge < -0.3 is 15.4 Å². The van der Waals surface area contributed by atoms with E-state index in [2.05, 4.69) is 10.6 Å². The van der Waals surface area contributed by atoms with Crippen molar-refractivity contribution in [2.45, 2.75) is 0 Å². The maximum atomic E-state index is 13.3. The monoisotopic (exact) mass is 364 g/mol. The van der Waals surface area contributed by atoms with Gasteiger partial charge in [-0.05, 0) is 54.6 Å². The van der Waals surface area contributed by atoms with Crippen LogP contribution in [-0.4, -0.2) is 18.9 Å². The first-order valence-electron chi connectivity index (χ1n) is 8.18. The number of methoxy groups -OCH3 is 1. The summed E-state index contributed by atoms with van der Waals surface area (Å²) in [4.78, 5) is 25.0. The molecule has 2 amide bonds. The predicted molar refractivity (Wildman–Crippen MR) is 102 cm³/mol. The Balaban J connectivity index is 1.78. The Morgan fingerprint density at radius 1 is 0.852 bits per heavy atom. The van der Waals surface area contributed by atoms with Gasteiger partial charge in [-0.3, -0.25) is 9.59 Å². The zero-order valence-electron chi connectivity index (χ0n) is 14.5. The lowest BCUT2D eigenvalue weighted by atomic mass is 10.1. The molecular weight excluding hydrogens is 347 g/mol. The molecule has 0 unspecified atom stereocenters. The summed E-state index contributed by atoms with van der Waals surface area (Å²) in [5.41, 5.74) is 1.38. The molecule has 0 spiro atoms. The number of benzene rings is 3. The van der Waals surface area contributed by atoms with Crippen LogP contribution in [0.15, 0.2) is 72.8 Å². The van der Waals surface area contributed by atoms with Gasteiger partial charge >= 0.3 is 0 Å². The molecule has 3 aromatic carbocycles. The van der Waals surface area contributed by atoms with Crippen LogP contribution in [0.25, 0.3) is 0 Å². The minimum Gasteiger partial charge on any atom is -0.497 e. The molecule has 2 N–H and O–H groups in total. The van der Waals surface area contributed by atoms with E-state index in [1.807, 2.05) is 0 Å². The van der Waals surface area contributed by atoms with Crippen molar-refractivity contribution in [2.24, 2.45) is 0 Å². The highest BCUT2D eigenvalue weighted by atomic mass is 19.1. The molecule has 0 saturated carbocycles. The van der Waals surface area contributed by atoms with Crippen molar-refractivity contribution in [1.29, 1.82) is 0 Å². The van der Waals surface area contributed by atoms with Crippen molar-refractivity contribution < 1.29 is 18.7 Å². The molecule has 6 heteroatoms. The van der Waals surface area contributed by atoms with E-state index in [9.17, 15) is 14.0 Å². The van der Waals surface area contributed by atoms with E-state index in [0.717, 1.165) is 0 Å². The molecule has 0 aliphatic rings. The van der Waals surface area contributed by atoms with Crippen molar-refractivity contribution in [1.82, 2.24) is 0 Å². The Bertz CT molecular complexity index is 971. The minimum atomic E-state index is -0.453. The third-order valence-corrected chi connectivity index (χ3v) is 3.85. The van der Waals surface area contributed by atoms with Crippen molar-refractivity contribution in [3.63, 3.8) is 0 Å². The quantitative estimate of drug-likeness (QED) is 0.708. The van der Waals surface area contributed by atoms with Gasteiger partial charge in [-0.2, -0.15) is 0 Å². The van der Waals surface area contributed by atoms with Crippen LogP contribution in [0.5, 0.6) is 5.75 Å². The molecule has 0 saturated heterocycles. The van der Waals surface area contributed by atoms with Gasteiger partial charge in [0.1, 0.15) is 11.6 Å². The summed E-state index contributed by atoms with van der Waals surface area (Å²) in [6.07, 6.45) is 0. The molecule has 136 valence electrons. The standard InChI is InChI=1S/C21H17FN2O3/c1-27-17-11-9-14(10-12-17)20(25)24-19-8-3-2-7-18(19)21(26)23-16-6-4-5-15(22)13-16/h2-13H,1H3,(H,23,26)(H,24,25). The lowest BCUT2D eigenvalue weighted by molar-refractivity contribution is 0.102. The molecule has 3 rings (SSSR count). The van der Waals surface area contributed by atoms with Crippen LogP contribution in [-0.2, 0) is 0 Å². The summed E-state index contributed by atoms with van der Waals surface area (Å²) < 4.78 is 18.4. The second kappa shape index (κ2) is 8.14. The lowest BCUT2D eigenvalue weighted by Gasteiger charge is -2.12. The van der Waals surface area contributed by atoms with Gasteiger partial charge in [0, 0.05) is 11.3 Å². The average molecular weight is 364 g/mol. The first-order valence-corrected chi connectivity index (χ1v) is 8.18. The molecule has 5 nitrogen and oxygen atoms in total. The largest absolute Gasteiger partial charge is 0.497 e. The fourth-order valence-electron chi connectivity index (χ4n) is 2.49. The molecule has 0 fully saturated rings. The molecule has 27 heavy (non-hydrogen) atoms. The van der Waals surface area contributed by atoms with Crippen molar-refractivity contribution >= 4 is 23.2 Å². The molecule has 0 bridgehead atoms. The Morgan fingerprint density at radius 2 is 1.59 bits per heavy atom. The van der Waals surface area contributed by atoms with Gasteiger partial charge in [0.15, 0.2) is 0 Å².